The first kappa shape index (κ1) is 25.4. The van der Waals surface area contributed by atoms with Gasteiger partial charge in [-0.3, -0.25) is 18.8 Å². The van der Waals surface area contributed by atoms with E-state index in [0.717, 1.165) is 21.9 Å². The molecule has 0 spiro atoms. The Morgan fingerprint density at radius 2 is 1.95 bits per heavy atom. The molecule has 0 saturated heterocycles. The van der Waals surface area contributed by atoms with Crippen molar-refractivity contribution in [3.63, 3.8) is 0 Å². The summed E-state index contributed by atoms with van der Waals surface area (Å²) in [4.78, 5) is 33.6. The average Bonchev–Trinajstić information content (AvgIpc) is 3.63. The number of anilines is 1. The zero-order valence-electron chi connectivity index (χ0n) is 21.1. The molecule has 1 amide bonds. The zero-order valence-corrected chi connectivity index (χ0v) is 21.9. The standard InChI is InChI=1S/C20H16N4OS.C7H7N5O/c1-3-17-22-19-18(20(25)24(17)16-7-5-4-6-8-16)15(13-26-19)10-9-14-11-21-23(2)12-14;8-5-4(6(9)13)7-10-2-1-3-12(7)11-5/h4-8,11-13H,3H2,1-2H3;1-3H,(H2,8,11)(H2,9,13). The summed E-state index contributed by atoms with van der Waals surface area (Å²) >= 11 is 1.45. The molecule has 0 bridgehead atoms. The number of thiophene rings is 1. The highest BCUT2D eigenvalue weighted by molar-refractivity contribution is 7.17. The molecular weight excluding hydrogens is 514 g/mol. The summed E-state index contributed by atoms with van der Waals surface area (Å²) in [6.07, 6.45) is 7.41. The largest absolute Gasteiger partial charge is 0.381 e. The van der Waals surface area contributed by atoms with Crippen LogP contribution in [0.3, 0.4) is 0 Å². The monoisotopic (exact) mass is 537 g/mol. The molecule has 0 aliphatic heterocycles. The van der Waals surface area contributed by atoms with Crippen molar-refractivity contribution in [2.45, 2.75) is 13.3 Å². The quantitative estimate of drug-likeness (QED) is 0.329. The SMILES string of the molecule is CCc1nc2scc(C#Cc3cnn(C)c3)c2c(=O)n1-c1ccccc1.NC(=O)c1c(N)nn2cccnc12. The molecular formula is C27H23N9O2S. The van der Waals surface area contributed by atoms with E-state index in [9.17, 15) is 9.59 Å². The molecule has 12 heteroatoms. The molecule has 6 rings (SSSR count). The minimum absolute atomic E-state index is 0.0743. The van der Waals surface area contributed by atoms with Gasteiger partial charge in [0.05, 0.1) is 28.4 Å². The number of nitrogens with two attached hydrogens (primary N) is 2. The molecule has 0 unspecified atom stereocenters. The Balaban J connectivity index is 0.000000198. The summed E-state index contributed by atoms with van der Waals surface area (Å²) in [7, 11) is 1.85. The number of aryl methyl sites for hydroxylation is 2. The molecule has 0 fully saturated rings. The third-order valence-electron chi connectivity index (χ3n) is 5.72. The maximum absolute atomic E-state index is 13.3. The smallest absolute Gasteiger partial charge is 0.268 e. The van der Waals surface area contributed by atoms with E-state index in [1.54, 1.807) is 33.9 Å². The first-order chi connectivity index (χ1) is 18.9. The topological polar surface area (TPSA) is 152 Å². The number of aromatic nitrogens is 7. The number of rotatable bonds is 3. The van der Waals surface area contributed by atoms with E-state index < -0.39 is 5.91 Å². The maximum Gasteiger partial charge on any atom is 0.268 e. The number of carbonyl (C=O) groups is 1. The minimum atomic E-state index is -0.619. The van der Waals surface area contributed by atoms with E-state index in [4.69, 9.17) is 16.5 Å². The van der Waals surface area contributed by atoms with Crippen LogP contribution in [0.25, 0.3) is 21.6 Å². The van der Waals surface area contributed by atoms with Gasteiger partial charge in [0.15, 0.2) is 11.5 Å². The van der Waals surface area contributed by atoms with Crippen molar-refractivity contribution >= 4 is 38.9 Å². The third-order valence-corrected chi connectivity index (χ3v) is 6.60. The summed E-state index contributed by atoms with van der Waals surface area (Å²) < 4.78 is 4.80. The van der Waals surface area contributed by atoms with Crippen LogP contribution in [-0.2, 0) is 13.5 Å². The van der Waals surface area contributed by atoms with Crippen LogP contribution < -0.4 is 17.0 Å². The number of hydrogen-bond donors (Lipinski definition) is 2. The molecule has 0 atom stereocenters. The van der Waals surface area contributed by atoms with E-state index in [0.29, 0.717) is 23.0 Å². The molecule has 0 radical (unpaired) electrons. The zero-order chi connectivity index (χ0) is 27.5. The summed E-state index contributed by atoms with van der Waals surface area (Å²) in [6.45, 7) is 2.00. The number of nitrogens with zero attached hydrogens (tertiary/aromatic N) is 7. The molecule has 194 valence electrons. The van der Waals surface area contributed by atoms with Crippen LogP contribution in [0, 0.1) is 11.8 Å². The summed E-state index contributed by atoms with van der Waals surface area (Å²) in [5.74, 6) is 6.42. The molecule has 0 aliphatic rings. The molecule has 4 N–H and O–H groups in total. The number of nitrogen functional groups attached to an aromatic ring is 1. The number of hydrogen-bond acceptors (Lipinski definition) is 8. The normalized spacial score (nSPS) is 10.6. The van der Waals surface area contributed by atoms with Gasteiger partial charge in [0.25, 0.3) is 11.5 Å². The Hall–Kier alpha value is -5.28. The van der Waals surface area contributed by atoms with Crippen LogP contribution in [0.15, 0.2) is 71.4 Å². The second-order valence-electron chi connectivity index (χ2n) is 8.35. The molecule has 39 heavy (non-hydrogen) atoms. The van der Waals surface area contributed by atoms with Crippen LogP contribution in [0.2, 0.25) is 0 Å². The highest BCUT2D eigenvalue weighted by Crippen LogP contribution is 2.22. The van der Waals surface area contributed by atoms with Crippen LogP contribution in [0.1, 0.15) is 34.2 Å². The van der Waals surface area contributed by atoms with E-state index >= 15 is 0 Å². The van der Waals surface area contributed by atoms with Crippen molar-refractivity contribution in [3.8, 4) is 17.5 Å². The fraction of sp³-hybridized carbons (Fsp3) is 0.111. The maximum atomic E-state index is 13.3. The third kappa shape index (κ3) is 4.98. The number of carbonyl (C=O) groups excluding carboxylic acids is 1. The number of amides is 1. The lowest BCUT2D eigenvalue weighted by atomic mass is 10.2. The van der Waals surface area contributed by atoms with Crippen LogP contribution in [0.5, 0.6) is 0 Å². The van der Waals surface area contributed by atoms with Gasteiger partial charge in [-0.2, -0.15) is 5.10 Å². The molecule has 5 heterocycles. The molecule has 0 aliphatic carbocycles. The Morgan fingerprint density at radius 3 is 2.64 bits per heavy atom. The fourth-order valence-corrected chi connectivity index (χ4v) is 4.85. The van der Waals surface area contributed by atoms with Crippen LogP contribution in [-0.4, -0.2) is 39.8 Å². The predicted molar refractivity (Wildman–Crippen MR) is 150 cm³/mol. The van der Waals surface area contributed by atoms with Crippen LogP contribution in [0.4, 0.5) is 5.82 Å². The van der Waals surface area contributed by atoms with E-state index in [1.807, 2.05) is 55.9 Å². The Morgan fingerprint density at radius 1 is 1.15 bits per heavy atom. The Kier molecular flexibility index (Phi) is 6.90. The highest BCUT2D eigenvalue weighted by atomic mass is 32.1. The van der Waals surface area contributed by atoms with Crippen molar-refractivity contribution in [1.82, 2.24) is 33.9 Å². The van der Waals surface area contributed by atoms with Gasteiger partial charge in [-0.25, -0.2) is 14.5 Å². The first-order valence-electron chi connectivity index (χ1n) is 11.8. The van der Waals surface area contributed by atoms with Gasteiger partial charge in [-0.15, -0.1) is 16.4 Å². The van der Waals surface area contributed by atoms with E-state index in [1.165, 1.54) is 15.9 Å². The molecule has 6 aromatic rings. The van der Waals surface area contributed by atoms with Gasteiger partial charge in [0.1, 0.15) is 16.2 Å². The molecule has 1 aromatic carbocycles. The summed E-state index contributed by atoms with van der Waals surface area (Å²) in [5, 5.41) is 10.5. The number of benzene rings is 1. The highest BCUT2D eigenvalue weighted by Gasteiger charge is 2.16. The second-order valence-corrected chi connectivity index (χ2v) is 9.21. The van der Waals surface area contributed by atoms with Gasteiger partial charge in [0.2, 0.25) is 0 Å². The average molecular weight is 538 g/mol. The lowest BCUT2D eigenvalue weighted by molar-refractivity contribution is 0.100. The lowest BCUT2D eigenvalue weighted by Crippen LogP contribution is -2.23. The Bertz CT molecular complexity index is 1940. The number of primary amides is 1. The summed E-state index contributed by atoms with van der Waals surface area (Å²) in [5.41, 5.74) is 13.4. The fourth-order valence-electron chi connectivity index (χ4n) is 3.97. The van der Waals surface area contributed by atoms with E-state index in [-0.39, 0.29) is 16.9 Å². The van der Waals surface area contributed by atoms with Crippen molar-refractivity contribution in [3.05, 3.63) is 99.4 Å². The van der Waals surface area contributed by atoms with Gasteiger partial charge >= 0.3 is 0 Å². The number of fused-ring (bicyclic) bond motifs is 2. The van der Waals surface area contributed by atoms with Gasteiger partial charge < -0.3 is 11.5 Å². The predicted octanol–water partition coefficient (Wildman–Crippen LogP) is 2.55. The minimum Gasteiger partial charge on any atom is -0.381 e. The van der Waals surface area contributed by atoms with E-state index in [2.05, 4.69) is 27.0 Å². The lowest BCUT2D eigenvalue weighted by Gasteiger charge is -2.11. The van der Waals surface area contributed by atoms with Crippen molar-refractivity contribution in [2.24, 2.45) is 12.8 Å². The summed E-state index contributed by atoms with van der Waals surface area (Å²) in [6, 6.07) is 11.3. The van der Waals surface area contributed by atoms with Crippen molar-refractivity contribution in [2.75, 3.05) is 5.73 Å². The van der Waals surface area contributed by atoms with Gasteiger partial charge in [-0.05, 0) is 18.2 Å². The van der Waals surface area contributed by atoms with Gasteiger partial charge in [-0.1, -0.05) is 37.0 Å². The van der Waals surface area contributed by atoms with Crippen molar-refractivity contribution in [1.29, 1.82) is 0 Å². The molecule has 11 nitrogen and oxygen atoms in total. The Labute approximate surface area is 226 Å². The van der Waals surface area contributed by atoms with Gasteiger partial charge in [0, 0.05) is 37.4 Å². The van der Waals surface area contributed by atoms with Crippen LogP contribution >= 0.6 is 11.3 Å². The first-order valence-corrected chi connectivity index (χ1v) is 12.7. The number of para-hydroxylation sites is 1. The molecule has 5 aromatic heterocycles. The van der Waals surface area contributed by atoms with Crippen molar-refractivity contribution < 1.29 is 4.79 Å². The molecule has 0 saturated carbocycles. The second kappa shape index (κ2) is 10.6.